The molecule has 0 bridgehead atoms. The van der Waals surface area contributed by atoms with E-state index in [0.29, 0.717) is 0 Å². The van der Waals surface area contributed by atoms with Crippen LogP contribution in [0.5, 0.6) is 0 Å². The maximum absolute atomic E-state index is 2.42. The van der Waals surface area contributed by atoms with E-state index in [4.69, 9.17) is 0 Å². The van der Waals surface area contributed by atoms with Gasteiger partial charge in [0.25, 0.3) is 0 Å². The SMILES string of the molecule is CCC[CH2][Sn]([CH2]CCC)([CH2]CCC)[CH2]CCCC[CH2][Sn]([CH2]CCC)([CH2]CCC)[CH2]CCC. The molecule has 194 valence electrons. The van der Waals surface area contributed by atoms with Crippen LogP contribution in [0.4, 0.5) is 0 Å². The molecular formula is C30H66Sn2. The van der Waals surface area contributed by atoms with Gasteiger partial charge >= 0.3 is 217 Å². The van der Waals surface area contributed by atoms with Crippen LogP contribution in [0, 0.1) is 0 Å². The summed E-state index contributed by atoms with van der Waals surface area (Å²) in [5.74, 6) is 0. The minimum absolute atomic E-state index is 1.43. The van der Waals surface area contributed by atoms with Gasteiger partial charge in [-0.25, -0.2) is 0 Å². The molecule has 0 aliphatic heterocycles. The molecule has 0 atom stereocenters. The Morgan fingerprint density at radius 3 is 0.625 bits per heavy atom. The zero-order chi connectivity index (χ0) is 24.0. The normalized spacial score (nSPS) is 12.6. The first-order valence-corrected chi connectivity index (χ1v) is 31.7. The average Bonchev–Trinajstić information content (AvgIpc) is 2.82. The second-order valence-corrected chi connectivity index (χ2v) is 40.1. The quantitative estimate of drug-likeness (QED) is 0.0673. The van der Waals surface area contributed by atoms with E-state index < -0.39 is 36.8 Å². The molecule has 0 saturated carbocycles. The van der Waals surface area contributed by atoms with Gasteiger partial charge in [0.1, 0.15) is 0 Å². The molecule has 2 heteroatoms. The Morgan fingerprint density at radius 2 is 0.438 bits per heavy atom. The fourth-order valence-electron chi connectivity index (χ4n) is 6.16. The summed E-state index contributed by atoms with van der Waals surface area (Å²) in [5, 5.41) is 0. The molecule has 0 unspecified atom stereocenters. The van der Waals surface area contributed by atoms with E-state index in [1.54, 1.807) is 99.7 Å². The zero-order valence-electron chi connectivity index (χ0n) is 24.0. The van der Waals surface area contributed by atoms with Gasteiger partial charge in [0.15, 0.2) is 0 Å². The van der Waals surface area contributed by atoms with Crippen LogP contribution in [0.2, 0.25) is 35.5 Å². The molecule has 0 rings (SSSR count). The number of hydrogen-bond acceptors (Lipinski definition) is 0. The zero-order valence-corrected chi connectivity index (χ0v) is 29.7. The predicted molar refractivity (Wildman–Crippen MR) is 158 cm³/mol. The topological polar surface area (TPSA) is 0 Å². The van der Waals surface area contributed by atoms with Crippen molar-refractivity contribution in [2.24, 2.45) is 0 Å². The van der Waals surface area contributed by atoms with Crippen molar-refractivity contribution >= 4 is 36.8 Å². The Kier molecular flexibility index (Phi) is 24.2. The molecule has 0 heterocycles. The molecule has 0 nitrogen and oxygen atoms in total. The Morgan fingerprint density at radius 1 is 0.250 bits per heavy atom. The Bertz CT molecular complexity index is 299. The molecule has 0 radical (unpaired) electrons. The van der Waals surface area contributed by atoms with Gasteiger partial charge in [0.05, 0.1) is 0 Å². The molecule has 0 aromatic carbocycles. The second-order valence-electron chi connectivity index (χ2n) is 11.5. The Labute approximate surface area is 215 Å². The van der Waals surface area contributed by atoms with Crippen molar-refractivity contribution < 1.29 is 0 Å². The number of unbranched alkanes of at least 4 members (excludes halogenated alkanes) is 9. The second kappa shape index (κ2) is 23.0. The molecule has 0 aromatic heterocycles. The molecule has 0 aromatic rings. The van der Waals surface area contributed by atoms with Crippen molar-refractivity contribution in [1.29, 1.82) is 0 Å². The predicted octanol–water partition coefficient (Wildman–Crippen LogP) is 12.2. The van der Waals surface area contributed by atoms with Crippen LogP contribution in [-0.2, 0) is 0 Å². The van der Waals surface area contributed by atoms with E-state index in [2.05, 4.69) is 41.5 Å². The van der Waals surface area contributed by atoms with Gasteiger partial charge in [-0.15, -0.1) is 0 Å². The van der Waals surface area contributed by atoms with Gasteiger partial charge in [-0.3, -0.25) is 0 Å². The minimum atomic E-state index is -1.86. The van der Waals surface area contributed by atoms with Gasteiger partial charge in [-0.05, 0) is 0 Å². The Balaban J connectivity index is 4.72. The molecule has 0 spiro atoms. The fraction of sp³-hybridized carbons (Fsp3) is 1.00. The molecule has 0 saturated heterocycles. The van der Waals surface area contributed by atoms with Crippen molar-refractivity contribution in [2.75, 3.05) is 0 Å². The van der Waals surface area contributed by atoms with E-state index >= 15 is 0 Å². The first kappa shape index (κ1) is 33.6. The summed E-state index contributed by atoms with van der Waals surface area (Å²) in [4.78, 5) is 0. The third-order valence-corrected chi connectivity index (χ3v) is 40.8. The summed E-state index contributed by atoms with van der Waals surface area (Å²) in [6.45, 7) is 14.5. The monoisotopic (exact) mass is 666 g/mol. The van der Waals surface area contributed by atoms with Gasteiger partial charge in [0, 0.05) is 0 Å². The van der Waals surface area contributed by atoms with Crippen LogP contribution in [0.1, 0.15) is 144 Å². The van der Waals surface area contributed by atoms with Crippen molar-refractivity contribution in [2.45, 2.75) is 180 Å². The van der Waals surface area contributed by atoms with Crippen molar-refractivity contribution in [3.8, 4) is 0 Å². The van der Waals surface area contributed by atoms with Crippen molar-refractivity contribution in [3.05, 3.63) is 0 Å². The summed E-state index contributed by atoms with van der Waals surface area (Å²) in [5.41, 5.74) is 0. The summed E-state index contributed by atoms with van der Waals surface area (Å²) in [7, 11) is 0. The average molecular weight is 664 g/mol. The van der Waals surface area contributed by atoms with E-state index in [1.807, 2.05) is 0 Å². The molecule has 0 amide bonds. The first-order valence-electron chi connectivity index (χ1n) is 15.6. The standard InChI is InChI=1S/C6H12.6C4H9.2Sn/c1-3-5-6-4-2;6*1-3-4-2;;/h1-6H2;6*1,3-4H2,2H3;;. The number of hydrogen-bond donors (Lipinski definition) is 0. The first-order chi connectivity index (χ1) is 15.6. The van der Waals surface area contributed by atoms with Crippen LogP contribution >= 0.6 is 0 Å². The van der Waals surface area contributed by atoms with Crippen LogP contribution < -0.4 is 0 Å². The Hall–Kier alpha value is 1.60. The van der Waals surface area contributed by atoms with E-state index in [0.717, 1.165) is 0 Å². The van der Waals surface area contributed by atoms with E-state index in [-0.39, 0.29) is 0 Å². The molecule has 0 N–H and O–H groups in total. The summed E-state index contributed by atoms with van der Waals surface area (Å²) in [6.07, 6.45) is 24.2. The fourth-order valence-corrected chi connectivity index (χ4v) is 39.3. The van der Waals surface area contributed by atoms with E-state index in [9.17, 15) is 0 Å². The van der Waals surface area contributed by atoms with Crippen LogP contribution in [0.15, 0.2) is 0 Å². The summed E-state index contributed by atoms with van der Waals surface area (Å²) < 4.78 is 13.8. The molecule has 0 fully saturated rings. The van der Waals surface area contributed by atoms with Gasteiger partial charge in [-0.2, -0.15) is 0 Å². The van der Waals surface area contributed by atoms with Crippen LogP contribution in [0.25, 0.3) is 0 Å². The third-order valence-electron chi connectivity index (χ3n) is 8.53. The maximum atomic E-state index is 2.42. The van der Waals surface area contributed by atoms with Gasteiger partial charge in [0.2, 0.25) is 0 Å². The van der Waals surface area contributed by atoms with Crippen molar-refractivity contribution in [1.82, 2.24) is 0 Å². The van der Waals surface area contributed by atoms with Crippen LogP contribution in [-0.4, -0.2) is 36.8 Å². The summed E-state index contributed by atoms with van der Waals surface area (Å²) >= 11 is -3.71. The number of rotatable bonds is 25. The molecule has 32 heavy (non-hydrogen) atoms. The van der Waals surface area contributed by atoms with Gasteiger partial charge in [-0.1, -0.05) is 0 Å². The molecular weight excluding hydrogens is 598 g/mol. The summed E-state index contributed by atoms with van der Waals surface area (Å²) in [6, 6.07) is 0. The third kappa shape index (κ3) is 16.3. The molecule has 0 aliphatic carbocycles. The van der Waals surface area contributed by atoms with Gasteiger partial charge < -0.3 is 0 Å². The molecule has 0 aliphatic rings. The van der Waals surface area contributed by atoms with E-state index in [1.165, 1.54) is 38.5 Å². The van der Waals surface area contributed by atoms with Crippen molar-refractivity contribution in [3.63, 3.8) is 0 Å². The van der Waals surface area contributed by atoms with Crippen LogP contribution in [0.3, 0.4) is 0 Å².